The second-order valence-corrected chi connectivity index (χ2v) is 3.87. The molecule has 1 rings (SSSR count). The Morgan fingerprint density at radius 3 is 2.67 bits per heavy atom. The zero-order chi connectivity index (χ0) is 11.1. The summed E-state index contributed by atoms with van der Waals surface area (Å²) in [4.78, 5) is 2.64. The minimum Gasteiger partial charge on any atom is -0.390 e. The van der Waals surface area contributed by atoms with Gasteiger partial charge in [-0.2, -0.15) is 0 Å². The average Bonchev–Trinajstić information content (AvgIpc) is 2.25. The molecule has 1 unspecified atom stereocenters. The molecule has 1 aromatic rings. The van der Waals surface area contributed by atoms with Crippen LogP contribution in [0.15, 0.2) is 35.4 Å². The van der Waals surface area contributed by atoms with Crippen molar-refractivity contribution in [3.63, 3.8) is 0 Å². The Hall–Kier alpha value is -1.51. The summed E-state index contributed by atoms with van der Waals surface area (Å²) in [6.45, 7) is 1.81. The fourth-order valence-electron chi connectivity index (χ4n) is 1.32. The zero-order valence-corrected chi connectivity index (χ0v) is 8.80. The van der Waals surface area contributed by atoms with E-state index < -0.39 is 5.60 Å². The number of hydrogen-bond donors (Lipinski definition) is 1. The highest BCUT2D eigenvalue weighted by atomic mass is 16.3. The third kappa shape index (κ3) is 4.49. The van der Waals surface area contributed by atoms with Crippen molar-refractivity contribution >= 4 is 0 Å². The fourth-order valence-corrected chi connectivity index (χ4v) is 1.32. The van der Waals surface area contributed by atoms with E-state index in [-0.39, 0.29) is 6.54 Å². The molecule has 0 saturated heterocycles. The summed E-state index contributed by atoms with van der Waals surface area (Å²) in [5, 5.41) is 13.2. The third-order valence-electron chi connectivity index (χ3n) is 2.27. The second-order valence-electron chi connectivity index (χ2n) is 3.87. The molecule has 80 valence electrons. The van der Waals surface area contributed by atoms with Gasteiger partial charge in [-0.3, -0.25) is 0 Å². The van der Waals surface area contributed by atoms with E-state index in [4.69, 9.17) is 5.53 Å². The van der Waals surface area contributed by atoms with Crippen LogP contribution in [-0.2, 0) is 6.42 Å². The van der Waals surface area contributed by atoms with Gasteiger partial charge in [0.15, 0.2) is 0 Å². The minimum atomic E-state index is -0.915. The highest BCUT2D eigenvalue weighted by Crippen LogP contribution is 2.14. The third-order valence-corrected chi connectivity index (χ3v) is 2.27. The lowest BCUT2D eigenvalue weighted by molar-refractivity contribution is 0.0604. The number of azide groups is 1. The van der Waals surface area contributed by atoms with E-state index in [2.05, 4.69) is 10.0 Å². The molecule has 0 fully saturated rings. The lowest BCUT2D eigenvalue weighted by Gasteiger charge is -2.20. The van der Waals surface area contributed by atoms with Crippen LogP contribution in [0, 0.1) is 0 Å². The summed E-state index contributed by atoms with van der Waals surface area (Å²) in [6, 6.07) is 9.93. The molecule has 0 radical (unpaired) electrons. The van der Waals surface area contributed by atoms with Crippen LogP contribution in [-0.4, -0.2) is 17.3 Å². The van der Waals surface area contributed by atoms with Gasteiger partial charge in [0.05, 0.1) is 12.1 Å². The number of benzene rings is 1. The van der Waals surface area contributed by atoms with Crippen molar-refractivity contribution in [2.75, 3.05) is 6.54 Å². The van der Waals surface area contributed by atoms with Gasteiger partial charge >= 0.3 is 0 Å². The van der Waals surface area contributed by atoms with Gasteiger partial charge in [0.1, 0.15) is 0 Å². The Labute approximate surface area is 89.2 Å². The summed E-state index contributed by atoms with van der Waals surface area (Å²) in [7, 11) is 0. The molecule has 1 atom stereocenters. The first-order chi connectivity index (χ1) is 7.14. The highest BCUT2D eigenvalue weighted by molar-refractivity contribution is 5.15. The molecule has 4 nitrogen and oxygen atoms in total. The van der Waals surface area contributed by atoms with Crippen molar-refractivity contribution in [1.82, 2.24) is 0 Å². The Kier molecular flexibility index (Phi) is 4.16. The maximum absolute atomic E-state index is 9.84. The molecule has 1 N–H and O–H groups in total. The topological polar surface area (TPSA) is 69.0 Å². The van der Waals surface area contributed by atoms with Gasteiger partial charge in [-0.15, -0.1) is 0 Å². The van der Waals surface area contributed by atoms with Crippen LogP contribution in [0.1, 0.15) is 18.9 Å². The molecule has 0 amide bonds. The van der Waals surface area contributed by atoms with Gasteiger partial charge in [0.25, 0.3) is 0 Å². The smallest absolute Gasteiger partial charge is 0.0679 e. The molecular weight excluding hydrogens is 190 g/mol. The second kappa shape index (κ2) is 5.39. The first kappa shape index (κ1) is 11.6. The van der Waals surface area contributed by atoms with Crippen molar-refractivity contribution in [2.24, 2.45) is 5.11 Å². The van der Waals surface area contributed by atoms with Crippen molar-refractivity contribution < 1.29 is 5.11 Å². The lowest BCUT2D eigenvalue weighted by Crippen LogP contribution is -2.28. The van der Waals surface area contributed by atoms with Crippen LogP contribution in [0.3, 0.4) is 0 Å². The van der Waals surface area contributed by atoms with Gasteiger partial charge in [-0.05, 0) is 30.9 Å². The van der Waals surface area contributed by atoms with Crippen molar-refractivity contribution in [3.05, 3.63) is 46.3 Å². The highest BCUT2D eigenvalue weighted by Gasteiger charge is 2.18. The molecule has 0 aromatic heterocycles. The predicted octanol–water partition coefficient (Wildman–Crippen LogP) is 2.68. The Balaban J connectivity index is 2.45. The standard InChI is InChI=1S/C11H15N3O/c1-11(15,9-13-14-12)8-7-10-5-3-2-4-6-10/h2-6,15H,7-9H2,1H3. The quantitative estimate of drug-likeness (QED) is 0.448. The molecule has 1 aromatic carbocycles. The van der Waals surface area contributed by atoms with Crippen molar-refractivity contribution in [1.29, 1.82) is 0 Å². The summed E-state index contributed by atoms with van der Waals surface area (Å²) < 4.78 is 0. The predicted molar refractivity (Wildman–Crippen MR) is 59.4 cm³/mol. The summed E-state index contributed by atoms with van der Waals surface area (Å²) in [6.07, 6.45) is 1.38. The van der Waals surface area contributed by atoms with Gasteiger partial charge in [-0.25, -0.2) is 0 Å². The summed E-state index contributed by atoms with van der Waals surface area (Å²) in [5.41, 5.74) is 8.43. The fraction of sp³-hybridized carbons (Fsp3) is 0.455. The molecule has 0 saturated carbocycles. The van der Waals surface area contributed by atoms with Crippen LogP contribution in [0.4, 0.5) is 0 Å². The van der Waals surface area contributed by atoms with Gasteiger partial charge in [-0.1, -0.05) is 35.4 Å². The van der Waals surface area contributed by atoms with Crippen LogP contribution in [0.25, 0.3) is 10.4 Å². The van der Waals surface area contributed by atoms with E-state index in [0.29, 0.717) is 6.42 Å². The number of hydrogen-bond acceptors (Lipinski definition) is 2. The van der Waals surface area contributed by atoms with Gasteiger partial charge in [0.2, 0.25) is 0 Å². The molecule has 0 bridgehead atoms. The van der Waals surface area contributed by atoms with E-state index in [1.54, 1.807) is 6.92 Å². The van der Waals surface area contributed by atoms with Crippen LogP contribution >= 0.6 is 0 Å². The van der Waals surface area contributed by atoms with Crippen molar-refractivity contribution in [3.8, 4) is 0 Å². The minimum absolute atomic E-state index is 0.121. The normalized spacial score (nSPS) is 14.0. The van der Waals surface area contributed by atoms with Gasteiger partial charge < -0.3 is 5.11 Å². The number of rotatable bonds is 5. The number of aryl methyl sites for hydroxylation is 1. The molecule has 15 heavy (non-hydrogen) atoms. The summed E-state index contributed by atoms with van der Waals surface area (Å²) >= 11 is 0. The Bertz CT molecular complexity index is 342. The van der Waals surface area contributed by atoms with Gasteiger partial charge in [0, 0.05) is 4.91 Å². The number of nitrogens with zero attached hydrogens (tertiary/aromatic N) is 3. The van der Waals surface area contributed by atoms with Crippen molar-refractivity contribution in [2.45, 2.75) is 25.4 Å². The molecule has 4 heteroatoms. The van der Waals surface area contributed by atoms with Crippen LogP contribution < -0.4 is 0 Å². The number of aliphatic hydroxyl groups is 1. The summed E-state index contributed by atoms with van der Waals surface area (Å²) in [5.74, 6) is 0. The first-order valence-electron chi connectivity index (χ1n) is 4.91. The Morgan fingerprint density at radius 2 is 2.07 bits per heavy atom. The van der Waals surface area contributed by atoms with E-state index >= 15 is 0 Å². The maximum atomic E-state index is 9.84. The van der Waals surface area contributed by atoms with E-state index in [1.807, 2.05) is 30.3 Å². The molecule has 0 aliphatic carbocycles. The van der Waals surface area contributed by atoms with E-state index in [0.717, 1.165) is 6.42 Å². The Morgan fingerprint density at radius 1 is 1.40 bits per heavy atom. The maximum Gasteiger partial charge on any atom is 0.0679 e. The largest absolute Gasteiger partial charge is 0.390 e. The van der Waals surface area contributed by atoms with E-state index in [1.165, 1.54) is 5.56 Å². The van der Waals surface area contributed by atoms with Crippen LogP contribution in [0.5, 0.6) is 0 Å². The molecular formula is C11H15N3O. The first-order valence-corrected chi connectivity index (χ1v) is 4.91. The average molecular weight is 205 g/mol. The monoisotopic (exact) mass is 205 g/mol. The SMILES string of the molecule is CC(O)(CCc1ccccc1)CN=[N+]=[N-]. The molecule has 0 spiro atoms. The van der Waals surface area contributed by atoms with Crippen LogP contribution in [0.2, 0.25) is 0 Å². The molecule has 0 aliphatic heterocycles. The molecule has 0 heterocycles. The van der Waals surface area contributed by atoms with E-state index in [9.17, 15) is 5.11 Å². The molecule has 0 aliphatic rings. The lowest BCUT2D eigenvalue weighted by atomic mass is 9.97. The zero-order valence-electron chi connectivity index (χ0n) is 8.80.